The highest BCUT2D eigenvalue weighted by atomic mass is 35.5. The highest BCUT2D eigenvalue weighted by Crippen LogP contribution is 2.31. The Morgan fingerprint density at radius 2 is 1.84 bits per heavy atom. The van der Waals surface area contributed by atoms with Crippen LogP contribution in [0.3, 0.4) is 0 Å². The van der Waals surface area contributed by atoms with E-state index in [1.54, 1.807) is 36.4 Å². The van der Waals surface area contributed by atoms with Crippen LogP contribution in [-0.4, -0.2) is 17.1 Å². The largest absolute Gasteiger partial charge is 0.510 e. The Morgan fingerprint density at radius 1 is 1.12 bits per heavy atom. The van der Waals surface area contributed by atoms with E-state index in [-0.39, 0.29) is 16.7 Å². The minimum atomic E-state index is -0.565. The first kappa shape index (κ1) is 16.6. The summed E-state index contributed by atoms with van der Waals surface area (Å²) in [6.45, 7) is 0. The van der Waals surface area contributed by atoms with Crippen LogP contribution in [0.25, 0.3) is 0 Å². The highest BCUT2D eigenvalue weighted by Gasteiger charge is 2.34. The summed E-state index contributed by atoms with van der Waals surface area (Å²) < 4.78 is 0. The molecule has 5 nitrogen and oxygen atoms in total. The number of carbonyl (C=O) groups excluding carboxylic acids is 1. The predicted octanol–water partition coefficient (Wildman–Crippen LogP) is 3.48. The third-order valence-corrected chi connectivity index (χ3v) is 4.34. The topological polar surface area (TPSA) is 88.1 Å². The molecule has 1 unspecified atom stereocenters. The molecule has 2 aromatic rings. The van der Waals surface area contributed by atoms with Crippen molar-refractivity contribution in [1.29, 1.82) is 10.5 Å². The molecule has 3 rings (SSSR count). The van der Waals surface area contributed by atoms with Gasteiger partial charge in [-0.2, -0.15) is 10.5 Å². The Balaban J connectivity index is 1.92. The van der Waals surface area contributed by atoms with Gasteiger partial charge in [-0.1, -0.05) is 23.7 Å². The van der Waals surface area contributed by atoms with Crippen LogP contribution in [0.2, 0.25) is 5.02 Å². The molecule has 0 bridgehead atoms. The molecule has 0 aliphatic carbocycles. The lowest BCUT2D eigenvalue weighted by atomic mass is 10.0. The van der Waals surface area contributed by atoms with Crippen LogP contribution in [-0.2, 0) is 11.2 Å². The van der Waals surface area contributed by atoms with Crippen LogP contribution >= 0.6 is 11.6 Å². The molecular formula is C19H12ClN3O2. The van der Waals surface area contributed by atoms with Crippen molar-refractivity contribution in [2.75, 3.05) is 4.90 Å². The maximum Gasteiger partial charge on any atom is 0.255 e. The quantitative estimate of drug-likeness (QED) is 0.918. The number of hydrogen-bond acceptors (Lipinski definition) is 4. The number of carbonyl (C=O) groups is 1. The van der Waals surface area contributed by atoms with Gasteiger partial charge in [0.2, 0.25) is 0 Å². The molecule has 2 aromatic carbocycles. The second-order valence-electron chi connectivity index (χ2n) is 5.58. The van der Waals surface area contributed by atoms with Crippen molar-refractivity contribution in [2.24, 2.45) is 0 Å². The van der Waals surface area contributed by atoms with E-state index in [4.69, 9.17) is 22.1 Å². The predicted molar refractivity (Wildman–Crippen MR) is 93.0 cm³/mol. The van der Waals surface area contributed by atoms with E-state index in [1.807, 2.05) is 12.1 Å². The van der Waals surface area contributed by atoms with Crippen LogP contribution in [0.5, 0.6) is 0 Å². The van der Waals surface area contributed by atoms with Gasteiger partial charge in [0.15, 0.2) is 0 Å². The fourth-order valence-corrected chi connectivity index (χ4v) is 2.98. The van der Waals surface area contributed by atoms with Crippen LogP contribution in [0.4, 0.5) is 5.69 Å². The summed E-state index contributed by atoms with van der Waals surface area (Å²) >= 11 is 6.06. The maximum absolute atomic E-state index is 12.3. The molecular weight excluding hydrogens is 338 g/mol. The zero-order chi connectivity index (χ0) is 18.0. The molecule has 0 spiro atoms. The van der Waals surface area contributed by atoms with Crippen LogP contribution in [0, 0.1) is 22.7 Å². The Labute approximate surface area is 149 Å². The van der Waals surface area contributed by atoms with Gasteiger partial charge in [0, 0.05) is 18.2 Å². The number of rotatable bonds is 3. The van der Waals surface area contributed by atoms with E-state index >= 15 is 0 Å². The van der Waals surface area contributed by atoms with Crippen molar-refractivity contribution in [3.8, 4) is 12.1 Å². The molecule has 1 amide bonds. The van der Waals surface area contributed by atoms with Crippen molar-refractivity contribution < 1.29 is 9.90 Å². The van der Waals surface area contributed by atoms with Crippen LogP contribution in [0.1, 0.15) is 16.7 Å². The average Bonchev–Trinajstić information content (AvgIpc) is 2.89. The highest BCUT2D eigenvalue weighted by molar-refractivity contribution is 6.32. The van der Waals surface area contributed by atoms with Crippen LogP contribution in [0.15, 0.2) is 54.3 Å². The van der Waals surface area contributed by atoms with Crippen molar-refractivity contribution in [1.82, 2.24) is 0 Å². The number of aliphatic hydroxyl groups excluding tert-OH is 1. The van der Waals surface area contributed by atoms with Gasteiger partial charge in [-0.05, 0) is 35.9 Å². The van der Waals surface area contributed by atoms with Crippen LogP contribution < -0.4 is 4.90 Å². The van der Waals surface area contributed by atoms with E-state index in [0.717, 1.165) is 5.56 Å². The number of nitriles is 2. The van der Waals surface area contributed by atoms with Gasteiger partial charge < -0.3 is 5.11 Å². The van der Waals surface area contributed by atoms with Gasteiger partial charge in [-0.3, -0.25) is 9.69 Å². The maximum atomic E-state index is 12.3. The summed E-state index contributed by atoms with van der Waals surface area (Å²) in [7, 11) is 0. The second kappa shape index (κ2) is 6.68. The average molecular weight is 350 g/mol. The van der Waals surface area contributed by atoms with Gasteiger partial charge >= 0.3 is 0 Å². The minimum Gasteiger partial charge on any atom is -0.510 e. The van der Waals surface area contributed by atoms with E-state index in [1.165, 1.54) is 17.0 Å². The molecule has 0 radical (unpaired) electrons. The number of halogens is 1. The lowest BCUT2D eigenvalue weighted by Crippen LogP contribution is -2.37. The Hall–Kier alpha value is -3.28. The van der Waals surface area contributed by atoms with E-state index in [0.29, 0.717) is 23.2 Å². The third-order valence-electron chi connectivity index (χ3n) is 4.03. The Morgan fingerprint density at radius 3 is 2.44 bits per heavy atom. The van der Waals surface area contributed by atoms with Gasteiger partial charge in [0.05, 0.1) is 28.3 Å². The van der Waals surface area contributed by atoms with E-state index < -0.39 is 6.04 Å². The van der Waals surface area contributed by atoms with Gasteiger partial charge in [0.25, 0.3) is 5.91 Å². The summed E-state index contributed by atoms with van der Waals surface area (Å²) in [6.07, 6.45) is 1.57. The summed E-state index contributed by atoms with van der Waals surface area (Å²) in [4.78, 5) is 13.7. The molecule has 0 saturated heterocycles. The van der Waals surface area contributed by atoms with E-state index in [9.17, 15) is 9.90 Å². The zero-order valence-electron chi connectivity index (χ0n) is 13.0. The first-order valence-corrected chi connectivity index (χ1v) is 7.83. The summed E-state index contributed by atoms with van der Waals surface area (Å²) in [6, 6.07) is 15.1. The number of nitrogens with zero attached hydrogens (tertiary/aromatic N) is 3. The van der Waals surface area contributed by atoms with Crippen molar-refractivity contribution in [3.63, 3.8) is 0 Å². The normalized spacial score (nSPS) is 16.3. The number of aliphatic hydroxyl groups is 1. The molecule has 6 heteroatoms. The molecule has 1 aliphatic rings. The van der Waals surface area contributed by atoms with Crippen molar-refractivity contribution in [3.05, 3.63) is 76.0 Å². The first-order valence-electron chi connectivity index (χ1n) is 7.46. The van der Waals surface area contributed by atoms with E-state index in [2.05, 4.69) is 0 Å². The van der Waals surface area contributed by atoms with Gasteiger partial charge in [-0.15, -0.1) is 0 Å². The molecule has 122 valence electrons. The first-order chi connectivity index (χ1) is 12.0. The van der Waals surface area contributed by atoms with Crippen molar-refractivity contribution in [2.45, 2.75) is 12.5 Å². The minimum absolute atomic E-state index is 0.0326. The number of anilines is 1. The molecule has 1 atom stereocenters. The second-order valence-corrected chi connectivity index (χ2v) is 5.99. The standard InChI is InChI=1S/C19H12ClN3O2/c20-16-8-15(6-5-14(16)11-22)23-17(18(24)9-19(23)25)7-12-1-3-13(10-21)4-2-12/h1-6,8-9,17,24H,7H2. The third kappa shape index (κ3) is 3.19. The monoisotopic (exact) mass is 349 g/mol. The van der Waals surface area contributed by atoms with Gasteiger partial charge in [-0.25, -0.2) is 0 Å². The fraction of sp³-hybridized carbons (Fsp3) is 0.105. The van der Waals surface area contributed by atoms with Crippen molar-refractivity contribution >= 4 is 23.2 Å². The summed E-state index contributed by atoms with van der Waals surface area (Å²) in [5.74, 6) is -0.383. The summed E-state index contributed by atoms with van der Waals surface area (Å²) in [5.41, 5.74) is 2.25. The smallest absolute Gasteiger partial charge is 0.255 e. The summed E-state index contributed by atoms with van der Waals surface area (Å²) in [5, 5.41) is 28.3. The molecule has 0 aromatic heterocycles. The molecule has 25 heavy (non-hydrogen) atoms. The van der Waals surface area contributed by atoms with Gasteiger partial charge in [0.1, 0.15) is 11.8 Å². The lowest BCUT2D eigenvalue weighted by molar-refractivity contribution is -0.113. The zero-order valence-corrected chi connectivity index (χ0v) is 13.7. The number of hydrogen-bond donors (Lipinski definition) is 1. The number of amides is 1. The SMILES string of the molecule is N#Cc1ccc(CC2C(O)=CC(=O)N2c2ccc(C#N)c(Cl)c2)cc1. The molecule has 1 heterocycles. The Bertz CT molecular complexity index is 952. The lowest BCUT2D eigenvalue weighted by Gasteiger charge is -2.26. The fourth-order valence-electron chi connectivity index (χ4n) is 2.76. The molecule has 1 aliphatic heterocycles. The molecule has 0 saturated carbocycles. The number of benzene rings is 2. The molecule has 0 fully saturated rings. The Kier molecular flexibility index (Phi) is 4.43. The molecule has 1 N–H and O–H groups in total.